The number of hydrogen-bond donors (Lipinski definition) is 3. The number of rotatable bonds is 4. The van der Waals surface area contributed by atoms with Crippen LogP contribution in [0.1, 0.15) is 26.2 Å². The average molecular weight is 200 g/mol. The molecule has 1 fully saturated rings. The van der Waals surface area contributed by atoms with Gasteiger partial charge in [-0.2, -0.15) is 0 Å². The normalized spacial score (nSPS) is 24.9. The molecular weight excluding hydrogens is 184 g/mol. The van der Waals surface area contributed by atoms with Gasteiger partial charge in [-0.1, -0.05) is 6.92 Å². The second-order valence-electron chi connectivity index (χ2n) is 3.82. The fraction of sp³-hybridized carbons (Fsp3) is 0.778. The Morgan fingerprint density at radius 1 is 1.43 bits per heavy atom. The zero-order chi connectivity index (χ0) is 10.6. The van der Waals surface area contributed by atoms with E-state index in [9.17, 15) is 9.59 Å². The first-order chi connectivity index (χ1) is 6.58. The van der Waals surface area contributed by atoms with E-state index in [2.05, 4.69) is 17.6 Å². The summed E-state index contributed by atoms with van der Waals surface area (Å²) in [6, 6.07) is 0.0120. The van der Waals surface area contributed by atoms with Crippen LogP contribution in [0.2, 0.25) is 0 Å². The Kier molecular flexibility index (Phi) is 3.73. The molecule has 0 aromatic heterocycles. The summed E-state index contributed by atoms with van der Waals surface area (Å²) < 4.78 is 0. The van der Waals surface area contributed by atoms with Gasteiger partial charge in [-0.25, -0.2) is 4.79 Å². The Labute approximate surface area is 82.9 Å². The van der Waals surface area contributed by atoms with Crippen molar-refractivity contribution in [3.05, 3.63) is 0 Å². The highest BCUT2D eigenvalue weighted by molar-refractivity contribution is 5.75. The van der Waals surface area contributed by atoms with Gasteiger partial charge in [0.2, 0.25) is 0 Å². The summed E-state index contributed by atoms with van der Waals surface area (Å²) in [4.78, 5) is 21.3. The monoisotopic (exact) mass is 200 g/mol. The predicted molar refractivity (Wildman–Crippen MR) is 51.0 cm³/mol. The molecule has 0 saturated heterocycles. The van der Waals surface area contributed by atoms with Crippen LogP contribution in [0.25, 0.3) is 0 Å². The zero-order valence-corrected chi connectivity index (χ0v) is 8.25. The lowest BCUT2D eigenvalue weighted by atomic mass is 9.82. The number of carbonyl (C=O) groups is 2. The summed E-state index contributed by atoms with van der Waals surface area (Å²) >= 11 is 0. The Bertz CT molecular complexity index is 224. The minimum absolute atomic E-state index is 0.0332. The van der Waals surface area contributed by atoms with Gasteiger partial charge >= 0.3 is 12.0 Å². The van der Waals surface area contributed by atoms with Crippen molar-refractivity contribution in [3.8, 4) is 0 Å². The molecule has 0 radical (unpaired) electrons. The maximum absolute atomic E-state index is 11.1. The van der Waals surface area contributed by atoms with Gasteiger partial charge in [-0.05, 0) is 18.8 Å². The molecule has 0 aliphatic heterocycles. The number of carboxylic acid groups (broad SMARTS) is 1. The predicted octanol–water partition coefficient (Wildman–Crippen LogP) is 0.559. The lowest BCUT2D eigenvalue weighted by Crippen LogP contribution is -2.48. The number of carboxylic acids is 1. The van der Waals surface area contributed by atoms with Crippen LogP contribution in [-0.2, 0) is 4.79 Å². The standard InChI is InChI=1S/C9H16N2O3/c1-6-4-7(5-6)11-9(14)10-3-2-8(12)13/h6-7H,2-5H2,1H3,(H,12,13)(H2,10,11,14). The first-order valence-corrected chi connectivity index (χ1v) is 4.84. The van der Waals surface area contributed by atoms with Gasteiger partial charge in [-0.15, -0.1) is 0 Å². The van der Waals surface area contributed by atoms with Crippen molar-refractivity contribution in [1.29, 1.82) is 0 Å². The summed E-state index contributed by atoms with van der Waals surface area (Å²) in [7, 11) is 0. The minimum Gasteiger partial charge on any atom is -0.481 e. The molecule has 5 nitrogen and oxygen atoms in total. The first-order valence-electron chi connectivity index (χ1n) is 4.84. The van der Waals surface area contributed by atoms with Crippen molar-refractivity contribution in [2.45, 2.75) is 32.2 Å². The van der Waals surface area contributed by atoms with Crippen molar-refractivity contribution < 1.29 is 14.7 Å². The van der Waals surface area contributed by atoms with Crippen LogP contribution >= 0.6 is 0 Å². The first kappa shape index (κ1) is 10.8. The fourth-order valence-electron chi connectivity index (χ4n) is 1.54. The Morgan fingerprint density at radius 2 is 2.07 bits per heavy atom. The molecule has 1 aliphatic carbocycles. The van der Waals surface area contributed by atoms with Crippen LogP contribution in [0.3, 0.4) is 0 Å². The molecule has 3 N–H and O–H groups in total. The molecule has 0 aromatic rings. The topological polar surface area (TPSA) is 78.4 Å². The minimum atomic E-state index is -0.900. The number of amides is 2. The van der Waals surface area contributed by atoms with Crippen molar-refractivity contribution in [2.75, 3.05) is 6.54 Å². The highest BCUT2D eigenvalue weighted by Gasteiger charge is 2.26. The molecule has 1 aliphatic rings. The van der Waals surface area contributed by atoms with Crippen molar-refractivity contribution >= 4 is 12.0 Å². The third-order valence-electron chi connectivity index (χ3n) is 2.33. The van der Waals surface area contributed by atoms with Gasteiger partial charge in [-0.3, -0.25) is 4.79 Å². The second-order valence-corrected chi connectivity index (χ2v) is 3.82. The van der Waals surface area contributed by atoms with Gasteiger partial charge in [0.25, 0.3) is 0 Å². The van der Waals surface area contributed by atoms with E-state index in [1.807, 2.05) is 0 Å². The molecule has 0 spiro atoms. The van der Waals surface area contributed by atoms with Crippen LogP contribution in [0.4, 0.5) is 4.79 Å². The summed E-state index contributed by atoms with van der Waals surface area (Å²) in [6.07, 6.45) is 2.01. The maximum Gasteiger partial charge on any atom is 0.315 e. The number of hydrogen-bond acceptors (Lipinski definition) is 2. The lowest BCUT2D eigenvalue weighted by Gasteiger charge is -2.33. The van der Waals surface area contributed by atoms with E-state index in [1.54, 1.807) is 0 Å². The lowest BCUT2D eigenvalue weighted by molar-refractivity contribution is -0.136. The molecule has 0 unspecified atom stereocenters. The highest BCUT2D eigenvalue weighted by atomic mass is 16.4. The number of nitrogens with one attached hydrogen (secondary N) is 2. The smallest absolute Gasteiger partial charge is 0.315 e. The van der Waals surface area contributed by atoms with Gasteiger partial charge in [0.1, 0.15) is 0 Å². The van der Waals surface area contributed by atoms with Crippen LogP contribution in [0.5, 0.6) is 0 Å². The molecular formula is C9H16N2O3. The summed E-state index contributed by atoms with van der Waals surface area (Å²) in [5, 5.41) is 13.6. The van der Waals surface area contributed by atoms with E-state index >= 15 is 0 Å². The van der Waals surface area contributed by atoms with Gasteiger partial charge < -0.3 is 15.7 Å². The van der Waals surface area contributed by atoms with Crippen LogP contribution < -0.4 is 10.6 Å². The summed E-state index contributed by atoms with van der Waals surface area (Å²) in [6.45, 7) is 2.32. The van der Waals surface area contributed by atoms with E-state index in [1.165, 1.54) is 0 Å². The Morgan fingerprint density at radius 3 is 2.57 bits per heavy atom. The van der Waals surface area contributed by atoms with Crippen molar-refractivity contribution in [3.63, 3.8) is 0 Å². The summed E-state index contributed by atoms with van der Waals surface area (Å²) in [5.41, 5.74) is 0. The fourth-order valence-corrected chi connectivity index (χ4v) is 1.54. The van der Waals surface area contributed by atoms with Gasteiger partial charge in [0.05, 0.1) is 6.42 Å². The molecule has 0 aromatic carbocycles. The van der Waals surface area contributed by atoms with Crippen molar-refractivity contribution in [1.82, 2.24) is 10.6 Å². The van der Waals surface area contributed by atoms with E-state index in [0.717, 1.165) is 12.8 Å². The highest BCUT2D eigenvalue weighted by Crippen LogP contribution is 2.25. The molecule has 0 heterocycles. The molecule has 14 heavy (non-hydrogen) atoms. The van der Waals surface area contributed by atoms with Gasteiger partial charge in [0.15, 0.2) is 0 Å². The third-order valence-corrected chi connectivity index (χ3v) is 2.33. The van der Waals surface area contributed by atoms with Gasteiger partial charge in [0, 0.05) is 12.6 Å². The maximum atomic E-state index is 11.1. The third kappa shape index (κ3) is 3.64. The van der Waals surface area contributed by atoms with E-state index < -0.39 is 5.97 Å². The SMILES string of the molecule is CC1CC(NC(=O)NCCC(=O)O)C1. The zero-order valence-electron chi connectivity index (χ0n) is 8.25. The number of urea groups is 1. The Balaban J connectivity index is 2.02. The quantitative estimate of drug-likeness (QED) is 0.620. The summed E-state index contributed by atoms with van der Waals surface area (Å²) in [5.74, 6) is -0.207. The Hall–Kier alpha value is -1.26. The largest absolute Gasteiger partial charge is 0.481 e. The van der Waals surface area contributed by atoms with Crippen LogP contribution in [0.15, 0.2) is 0 Å². The van der Waals surface area contributed by atoms with E-state index in [0.29, 0.717) is 5.92 Å². The second kappa shape index (κ2) is 4.83. The van der Waals surface area contributed by atoms with Crippen LogP contribution in [0, 0.1) is 5.92 Å². The molecule has 0 atom stereocenters. The van der Waals surface area contributed by atoms with Crippen LogP contribution in [-0.4, -0.2) is 29.7 Å². The average Bonchev–Trinajstić information content (AvgIpc) is 2.00. The molecule has 1 saturated carbocycles. The van der Waals surface area contributed by atoms with E-state index in [-0.39, 0.29) is 25.0 Å². The molecule has 0 bridgehead atoms. The molecule has 5 heteroatoms. The van der Waals surface area contributed by atoms with E-state index in [4.69, 9.17) is 5.11 Å². The molecule has 2 amide bonds. The van der Waals surface area contributed by atoms with Crippen molar-refractivity contribution in [2.24, 2.45) is 5.92 Å². The molecule has 80 valence electrons. The number of carbonyl (C=O) groups excluding carboxylic acids is 1. The number of aliphatic carboxylic acids is 1. The molecule has 1 rings (SSSR count).